The van der Waals surface area contributed by atoms with Crippen LogP contribution in [0.1, 0.15) is 26.5 Å². The fourth-order valence-corrected chi connectivity index (χ4v) is 2.33. The molecule has 8 nitrogen and oxygen atoms in total. The van der Waals surface area contributed by atoms with Crippen molar-refractivity contribution in [1.29, 1.82) is 0 Å². The molecule has 8 heteroatoms. The van der Waals surface area contributed by atoms with Crippen molar-refractivity contribution < 1.29 is 14.4 Å². The summed E-state index contributed by atoms with van der Waals surface area (Å²) >= 11 is 0. The van der Waals surface area contributed by atoms with Gasteiger partial charge in [-0.05, 0) is 20.8 Å². The molecule has 1 aliphatic heterocycles. The summed E-state index contributed by atoms with van der Waals surface area (Å²) in [6.45, 7) is 4.83. The molecule has 1 saturated heterocycles. The first-order chi connectivity index (χ1) is 10.7. The van der Waals surface area contributed by atoms with E-state index >= 15 is 0 Å². The number of amides is 4. The average molecular weight is 319 g/mol. The first-order valence-corrected chi connectivity index (χ1v) is 7.37. The Labute approximate surface area is 134 Å². The number of imide groups is 1. The molecule has 0 radical (unpaired) electrons. The summed E-state index contributed by atoms with van der Waals surface area (Å²) in [6.07, 6.45) is 5.37. The maximum absolute atomic E-state index is 12.3. The monoisotopic (exact) mass is 319 g/mol. The first kappa shape index (κ1) is 16.9. The second-order valence-corrected chi connectivity index (χ2v) is 6.20. The van der Waals surface area contributed by atoms with Gasteiger partial charge in [0.25, 0.3) is 5.91 Å². The van der Waals surface area contributed by atoms with Gasteiger partial charge >= 0.3 is 6.03 Å². The summed E-state index contributed by atoms with van der Waals surface area (Å²) < 4.78 is 0. The molecule has 2 heterocycles. The quantitative estimate of drug-likeness (QED) is 0.782. The van der Waals surface area contributed by atoms with Crippen molar-refractivity contribution in [2.45, 2.75) is 38.8 Å². The van der Waals surface area contributed by atoms with Gasteiger partial charge < -0.3 is 10.2 Å². The third-order valence-electron chi connectivity index (χ3n) is 3.91. The Morgan fingerprint density at radius 3 is 2.61 bits per heavy atom. The summed E-state index contributed by atoms with van der Waals surface area (Å²) in [7, 11) is 1.65. The Kier molecular flexibility index (Phi) is 4.63. The second-order valence-electron chi connectivity index (χ2n) is 6.20. The second kappa shape index (κ2) is 6.31. The van der Waals surface area contributed by atoms with Crippen LogP contribution in [0.5, 0.6) is 0 Å². The molecule has 0 aliphatic carbocycles. The van der Waals surface area contributed by atoms with E-state index in [4.69, 9.17) is 0 Å². The van der Waals surface area contributed by atoms with Crippen molar-refractivity contribution in [2.75, 3.05) is 13.6 Å². The number of likely N-dealkylation sites (N-methyl/N-ethyl adjacent to an activating group) is 1. The molecule has 1 atom stereocenters. The topological polar surface area (TPSA) is 95.5 Å². The minimum atomic E-state index is -0.971. The van der Waals surface area contributed by atoms with E-state index in [1.165, 1.54) is 4.90 Å². The molecule has 1 fully saturated rings. The Hall–Kier alpha value is -2.51. The van der Waals surface area contributed by atoms with Crippen molar-refractivity contribution >= 4 is 17.8 Å². The SMILES string of the molecule is C[C@H](Cc1cnccn1)N(C)C(=O)CN1C(=O)NC(C)(C)C1=O. The summed E-state index contributed by atoms with van der Waals surface area (Å²) in [6, 6.07) is -0.670. The zero-order valence-corrected chi connectivity index (χ0v) is 13.7. The third kappa shape index (κ3) is 3.64. The zero-order valence-electron chi connectivity index (χ0n) is 13.7. The van der Waals surface area contributed by atoms with Gasteiger partial charge in [0, 0.05) is 38.1 Å². The number of rotatable bonds is 5. The fourth-order valence-electron chi connectivity index (χ4n) is 2.33. The number of carbonyl (C=O) groups excluding carboxylic acids is 3. The zero-order chi connectivity index (χ0) is 17.2. The van der Waals surface area contributed by atoms with Crippen LogP contribution in [0.4, 0.5) is 4.79 Å². The van der Waals surface area contributed by atoms with Crippen LogP contribution in [-0.4, -0.2) is 62.8 Å². The molecule has 0 bridgehead atoms. The average Bonchev–Trinajstić information content (AvgIpc) is 2.69. The molecule has 1 aromatic rings. The third-order valence-corrected chi connectivity index (χ3v) is 3.91. The maximum Gasteiger partial charge on any atom is 0.325 e. The van der Waals surface area contributed by atoms with E-state index in [2.05, 4.69) is 15.3 Å². The highest BCUT2D eigenvalue weighted by Gasteiger charge is 2.45. The molecule has 0 unspecified atom stereocenters. The molecule has 23 heavy (non-hydrogen) atoms. The van der Waals surface area contributed by atoms with E-state index in [-0.39, 0.29) is 18.5 Å². The number of aromatic nitrogens is 2. The van der Waals surface area contributed by atoms with E-state index < -0.39 is 17.5 Å². The number of nitrogens with zero attached hydrogens (tertiary/aromatic N) is 4. The van der Waals surface area contributed by atoms with Crippen molar-refractivity contribution in [3.63, 3.8) is 0 Å². The Balaban J connectivity index is 1.97. The Bertz CT molecular complexity index is 617. The van der Waals surface area contributed by atoms with Gasteiger partial charge in [-0.1, -0.05) is 0 Å². The van der Waals surface area contributed by atoms with Crippen LogP contribution in [0, 0.1) is 0 Å². The van der Waals surface area contributed by atoms with Gasteiger partial charge in [-0.3, -0.25) is 24.5 Å². The van der Waals surface area contributed by atoms with Crippen molar-refractivity contribution in [3.05, 3.63) is 24.3 Å². The molecule has 124 valence electrons. The summed E-state index contributed by atoms with van der Waals surface area (Å²) in [5.41, 5.74) is -0.197. The van der Waals surface area contributed by atoms with Crippen molar-refractivity contribution in [2.24, 2.45) is 0 Å². The van der Waals surface area contributed by atoms with Crippen LogP contribution in [-0.2, 0) is 16.0 Å². The molecule has 0 spiro atoms. The predicted molar refractivity (Wildman–Crippen MR) is 82.3 cm³/mol. The minimum absolute atomic E-state index is 0.132. The minimum Gasteiger partial charge on any atom is -0.341 e. The highest BCUT2D eigenvalue weighted by molar-refractivity contribution is 6.08. The van der Waals surface area contributed by atoms with Crippen LogP contribution in [0.15, 0.2) is 18.6 Å². The smallest absolute Gasteiger partial charge is 0.325 e. The lowest BCUT2D eigenvalue weighted by Gasteiger charge is -2.26. The highest BCUT2D eigenvalue weighted by Crippen LogP contribution is 2.16. The molecular formula is C15H21N5O3. The molecule has 1 aliphatic rings. The van der Waals surface area contributed by atoms with Crippen molar-refractivity contribution in [3.8, 4) is 0 Å². The van der Waals surface area contributed by atoms with E-state index in [1.54, 1.807) is 39.5 Å². The van der Waals surface area contributed by atoms with Crippen LogP contribution < -0.4 is 5.32 Å². The highest BCUT2D eigenvalue weighted by atomic mass is 16.2. The molecule has 1 aromatic heterocycles. The molecule has 1 N–H and O–H groups in total. The van der Waals surface area contributed by atoms with Gasteiger partial charge in [0.15, 0.2) is 0 Å². The van der Waals surface area contributed by atoms with Gasteiger partial charge in [0.2, 0.25) is 5.91 Å². The molecule has 0 aromatic carbocycles. The number of hydrogen-bond donors (Lipinski definition) is 1. The van der Waals surface area contributed by atoms with E-state index in [9.17, 15) is 14.4 Å². The first-order valence-electron chi connectivity index (χ1n) is 7.37. The van der Waals surface area contributed by atoms with E-state index in [0.717, 1.165) is 10.6 Å². The van der Waals surface area contributed by atoms with E-state index in [1.807, 2.05) is 6.92 Å². The lowest BCUT2D eigenvalue weighted by Crippen LogP contribution is -2.46. The van der Waals surface area contributed by atoms with Crippen LogP contribution in [0.2, 0.25) is 0 Å². The van der Waals surface area contributed by atoms with Crippen LogP contribution in [0.3, 0.4) is 0 Å². The number of hydrogen-bond acceptors (Lipinski definition) is 5. The molecular weight excluding hydrogens is 298 g/mol. The Morgan fingerprint density at radius 1 is 1.39 bits per heavy atom. The van der Waals surface area contributed by atoms with Crippen molar-refractivity contribution in [1.82, 2.24) is 25.1 Å². The number of nitrogens with one attached hydrogen (secondary N) is 1. The van der Waals surface area contributed by atoms with E-state index in [0.29, 0.717) is 6.42 Å². The summed E-state index contributed by atoms with van der Waals surface area (Å²) in [5.74, 6) is -0.701. The van der Waals surface area contributed by atoms with Gasteiger partial charge in [-0.15, -0.1) is 0 Å². The normalized spacial score (nSPS) is 17.8. The fraction of sp³-hybridized carbons (Fsp3) is 0.533. The van der Waals surface area contributed by atoms with Gasteiger partial charge in [0.05, 0.1) is 5.69 Å². The predicted octanol–water partition coefficient (Wildman–Crippen LogP) is 0.196. The maximum atomic E-state index is 12.3. The van der Waals surface area contributed by atoms with Gasteiger partial charge in [-0.25, -0.2) is 4.79 Å². The molecule has 0 saturated carbocycles. The van der Waals surface area contributed by atoms with Crippen LogP contribution in [0.25, 0.3) is 0 Å². The standard InChI is InChI=1S/C15H21N5O3/c1-10(7-11-8-16-5-6-17-11)19(4)12(21)9-20-13(22)15(2,3)18-14(20)23/h5-6,8,10H,7,9H2,1-4H3,(H,18,23)/t10-/m1/s1. The molecule has 4 amide bonds. The summed E-state index contributed by atoms with van der Waals surface area (Å²) in [4.78, 5) is 46.9. The van der Waals surface area contributed by atoms with Gasteiger partial charge in [0.1, 0.15) is 12.1 Å². The van der Waals surface area contributed by atoms with Crippen LogP contribution >= 0.6 is 0 Å². The molecule has 2 rings (SSSR count). The lowest BCUT2D eigenvalue weighted by atomic mass is 10.1. The number of carbonyl (C=O) groups is 3. The number of urea groups is 1. The summed E-state index contributed by atoms with van der Waals surface area (Å²) in [5, 5.41) is 2.55. The Morgan fingerprint density at radius 2 is 2.09 bits per heavy atom. The largest absolute Gasteiger partial charge is 0.341 e. The van der Waals surface area contributed by atoms with Gasteiger partial charge in [-0.2, -0.15) is 0 Å². The lowest BCUT2D eigenvalue weighted by molar-refractivity contribution is -0.138.